The van der Waals surface area contributed by atoms with Gasteiger partial charge >= 0.3 is 0 Å². The molecule has 2 rings (SSSR count). The first kappa shape index (κ1) is 14.3. The van der Waals surface area contributed by atoms with Crippen LogP contribution in [0.15, 0.2) is 24.3 Å². The second-order valence-corrected chi connectivity index (χ2v) is 6.48. The highest BCUT2D eigenvalue weighted by molar-refractivity contribution is 14.1. The van der Waals surface area contributed by atoms with E-state index < -0.39 is 0 Å². The average Bonchev–Trinajstić information content (AvgIpc) is 2.87. The molecule has 1 aromatic carbocycles. The third-order valence-electron chi connectivity index (χ3n) is 3.67. The zero-order valence-corrected chi connectivity index (χ0v) is 13.4. The molecule has 1 aliphatic heterocycles. The van der Waals surface area contributed by atoms with Crippen molar-refractivity contribution in [2.75, 3.05) is 39.8 Å². The van der Waals surface area contributed by atoms with Gasteiger partial charge in [0.25, 0.3) is 0 Å². The molecule has 1 aliphatic rings. The van der Waals surface area contributed by atoms with Gasteiger partial charge in [0.15, 0.2) is 0 Å². The van der Waals surface area contributed by atoms with Gasteiger partial charge in [0.2, 0.25) is 0 Å². The second-order valence-electron chi connectivity index (χ2n) is 5.23. The second kappa shape index (κ2) is 7.46. The summed E-state index contributed by atoms with van der Waals surface area (Å²) in [6.07, 6.45) is 3.95. The summed E-state index contributed by atoms with van der Waals surface area (Å²) >= 11 is 2.38. The maximum Gasteiger partial charge on any atom is 0.0133 e. The van der Waals surface area contributed by atoms with E-state index in [2.05, 4.69) is 63.7 Å². The minimum Gasteiger partial charge on any atom is -0.305 e. The molecule has 0 spiro atoms. The summed E-state index contributed by atoms with van der Waals surface area (Å²) < 4.78 is 1.34. The Morgan fingerprint density at radius 3 is 2.72 bits per heavy atom. The number of hydrogen-bond donors (Lipinski definition) is 0. The zero-order valence-electron chi connectivity index (χ0n) is 11.2. The van der Waals surface area contributed by atoms with Gasteiger partial charge in [-0.25, -0.2) is 0 Å². The van der Waals surface area contributed by atoms with Crippen molar-refractivity contribution in [1.82, 2.24) is 9.80 Å². The molecule has 0 atom stereocenters. The molecule has 3 heteroatoms. The highest BCUT2D eigenvalue weighted by atomic mass is 123. The van der Waals surface area contributed by atoms with Crippen LogP contribution in [0.4, 0.5) is 0 Å². The Kier molecular flexibility index (Phi) is 5.92. The van der Waals surface area contributed by atoms with Gasteiger partial charge in [-0.3, -0.25) is 0 Å². The molecule has 1 heterocycles. The van der Waals surface area contributed by atoms with E-state index in [1.807, 2.05) is 0 Å². The topological polar surface area (TPSA) is 6.48 Å². The number of benzene rings is 1. The third-order valence-corrected chi connectivity index (χ3v) is 4.34. The molecule has 1 saturated heterocycles. The van der Waals surface area contributed by atoms with Gasteiger partial charge in [0, 0.05) is 23.2 Å². The number of likely N-dealkylation sites (N-methyl/N-ethyl adjacent to an activating group) is 1. The Morgan fingerprint density at radius 1 is 1.22 bits per heavy atom. The Bertz CT molecular complexity index is 361. The van der Waals surface area contributed by atoms with Gasteiger partial charge in [-0.05, 0) is 79.7 Å². The van der Waals surface area contributed by atoms with E-state index >= 15 is 0 Å². The zero-order chi connectivity index (χ0) is 12.8. The highest BCUT2D eigenvalue weighted by Gasteiger charge is 2.11. The summed E-state index contributed by atoms with van der Waals surface area (Å²) in [5.74, 6) is 0. The van der Waals surface area contributed by atoms with Crippen LogP contribution in [-0.2, 0) is 6.42 Å². The molecule has 0 saturated carbocycles. The summed E-state index contributed by atoms with van der Waals surface area (Å²) in [6.45, 7) is 6.22. The smallest absolute Gasteiger partial charge is 0.0133 e. The maximum absolute atomic E-state index is 2.59. The molecule has 0 aliphatic carbocycles. The van der Waals surface area contributed by atoms with Crippen LogP contribution in [0.2, 0.25) is 0 Å². The van der Waals surface area contributed by atoms with Crippen molar-refractivity contribution in [3.63, 3.8) is 0 Å². The van der Waals surface area contributed by atoms with Crippen LogP contribution in [0.5, 0.6) is 0 Å². The van der Waals surface area contributed by atoms with E-state index in [0.717, 1.165) is 13.0 Å². The predicted octanol–water partition coefficient (Wildman–Crippen LogP) is 2.86. The van der Waals surface area contributed by atoms with Crippen LogP contribution < -0.4 is 0 Å². The van der Waals surface area contributed by atoms with E-state index in [1.165, 1.54) is 48.2 Å². The standard InChI is InChI=1S/C15H23IN2/c1-17(11-12-18-8-2-3-9-18)10-7-14-5-4-6-15(16)13-14/h4-6,13H,2-3,7-12H2,1H3/i16-4. The van der Waals surface area contributed by atoms with E-state index in [0.29, 0.717) is 0 Å². The lowest BCUT2D eigenvalue weighted by Gasteiger charge is -2.21. The molecule has 18 heavy (non-hydrogen) atoms. The van der Waals surface area contributed by atoms with E-state index in [9.17, 15) is 0 Å². The van der Waals surface area contributed by atoms with Crippen LogP contribution >= 0.6 is 22.6 Å². The quantitative estimate of drug-likeness (QED) is 0.725. The van der Waals surface area contributed by atoms with Crippen LogP contribution in [0.3, 0.4) is 0 Å². The van der Waals surface area contributed by atoms with Gasteiger partial charge in [0.05, 0.1) is 0 Å². The number of rotatable bonds is 6. The van der Waals surface area contributed by atoms with Crippen molar-refractivity contribution in [2.45, 2.75) is 19.3 Å². The summed E-state index contributed by atoms with van der Waals surface area (Å²) in [5, 5.41) is 0. The minimum atomic E-state index is 1.16. The Morgan fingerprint density at radius 2 is 2.00 bits per heavy atom. The van der Waals surface area contributed by atoms with Crippen molar-refractivity contribution < 1.29 is 0 Å². The normalized spacial score (nSPS) is 16.6. The average molecular weight is 354 g/mol. The molecule has 0 amide bonds. The number of halogens is 1. The van der Waals surface area contributed by atoms with Crippen LogP contribution in [-0.4, -0.2) is 49.6 Å². The summed E-state index contributed by atoms with van der Waals surface area (Å²) in [4.78, 5) is 5.04. The SMILES string of the molecule is CN(CCc1cccc([123I])c1)CCN1CCCC1. The number of hydrogen-bond acceptors (Lipinski definition) is 2. The Hall–Kier alpha value is -0.130. The van der Waals surface area contributed by atoms with Gasteiger partial charge in [0.1, 0.15) is 0 Å². The molecule has 0 bridgehead atoms. The summed E-state index contributed by atoms with van der Waals surface area (Å²) in [6, 6.07) is 8.83. The Labute approximate surface area is 124 Å². The molecule has 0 aromatic heterocycles. The maximum atomic E-state index is 2.59. The number of nitrogens with zero attached hydrogens (tertiary/aromatic N) is 2. The van der Waals surface area contributed by atoms with Crippen molar-refractivity contribution in [1.29, 1.82) is 0 Å². The molecule has 0 radical (unpaired) electrons. The fraction of sp³-hybridized carbons (Fsp3) is 0.600. The van der Waals surface area contributed by atoms with E-state index in [4.69, 9.17) is 0 Å². The van der Waals surface area contributed by atoms with Crippen LogP contribution in [0.25, 0.3) is 0 Å². The molecule has 2 nitrogen and oxygen atoms in total. The molecule has 0 N–H and O–H groups in total. The van der Waals surface area contributed by atoms with Gasteiger partial charge < -0.3 is 9.80 Å². The van der Waals surface area contributed by atoms with Gasteiger partial charge in [-0.15, -0.1) is 0 Å². The Balaban J connectivity index is 1.66. The summed E-state index contributed by atoms with van der Waals surface area (Å²) in [5.41, 5.74) is 1.45. The number of likely N-dealkylation sites (tertiary alicyclic amines) is 1. The summed E-state index contributed by atoms with van der Waals surface area (Å²) in [7, 11) is 2.24. The molecule has 1 aromatic rings. The van der Waals surface area contributed by atoms with Crippen LogP contribution in [0, 0.1) is 3.57 Å². The lowest BCUT2D eigenvalue weighted by Crippen LogP contribution is -2.32. The third kappa shape index (κ3) is 4.86. The first-order valence-corrected chi connectivity index (χ1v) is 7.97. The predicted molar refractivity (Wildman–Crippen MR) is 86.0 cm³/mol. The van der Waals surface area contributed by atoms with E-state index in [-0.39, 0.29) is 0 Å². The minimum absolute atomic E-state index is 1.16. The molecule has 1 fully saturated rings. The van der Waals surface area contributed by atoms with Crippen molar-refractivity contribution in [2.24, 2.45) is 0 Å². The fourth-order valence-electron chi connectivity index (χ4n) is 2.44. The van der Waals surface area contributed by atoms with E-state index in [1.54, 1.807) is 0 Å². The first-order valence-electron chi connectivity index (χ1n) is 6.89. The molecule has 0 unspecified atom stereocenters. The van der Waals surface area contributed by atoms with Gasteiger partial charge in [-0.2, -0.15) is 0 Å². The lowest BCUT2D eigenvalue weighted by molar-refractivity contribution is 0.259. The van der Waals surface area contributed by atoms with Gasteiger partial charge in [-0.1, -0.05) is 12.1 Å². The fourth-order valence-corrected chi connectivity index (χ4v) is 3.05. The van der Waals surface area contributed by atoms with Crippen LogP contribution in [0.1, 0.15) is 18.4 Å². The monoisotopic (exact) mass is 354 g/mol. The molecular formula is C15H23IN2. The van der Waals surface area contributed by atoms with Crippen molar-refractivity contribution in [3.05, 3.63) is 33.4 Å². The molecular weight excluding hydrogens is 331 g/mol. The first-order chi connectivity index (χ1) is 8.74. The lowest BCUT2D eigenvalue weighted by atomic mass is 10.1. The van der Waals surface area contributed by atoms with Crippen molar-refractivity contribution in [3.8, 4) is 0 Å². The largest absolute Gasteiger partial charge is 0.305 e. The highest BCUT2D eigenvalue weighted by Crippen LogP contribution is 2.09. The molecule has 100 valence electrons. The van der Waals surface area contributed by atoms with Crippen molar-refractivity contribution >= 4 is 22.6 Å².